The summed E-state index contributed by atoms with van der Waals surface area (Å²) in [5.41, 5.74) is 2.32. The monoisotopic (exact) mass is 223 g/mol. The maximum absolute atomic E-state index is 6.08. The Labute approximate surface area is 94.0 Å². The molecule has 0 radical (unpaired) electrons. The molecule has 80 valence electrons. The number of hydrogen-bond donors (Lipinski definition) is 1. The molecule has 0 spiro atoms. The van der Waals surface area contributed by atoms with E-state index in [9.17, 15) is 0 Å². The number of hydrogen-bond acceptors (Lipinski definition) is 2. The summed E-state index contributed by atoms with van der Waals surface area (Å²) in [4.78, 5) is 0. The molecule has 1 aromatic heterocycles. The molecule has 2 aromatic rings. The summed E-state index contributed by atoms with van der Waals surface area (Å²) in [6.07, 6.45) is 0. The summed E-state index contributed by atoms with van der Waals surface area (Å²) >= 11 is 6.08. The van der Waals surface area contributed by atoms with E-state index in [-0.39, 0.29) is 0 Å². The fourth-order valence-corrected chi connectivity index (χ4v) is 1.98. The number of aryl methyl sites for hydroxylation is 1. The second-order valence-corrected chi connectivity index (χ2v) is 3.85. The molecule has 0 aliphatic rings. The molecule has 0 atom stereocenters. The summed E-state index contributed by atoms with van der Waals surface area (Å²) in [5, 5.41) is 9.01. The normalized spacial score (nSPS) is 11.1. The van der Waals surface area contributed by atoms with Crippen molar-refractivity contribution in [2.24, 2.45) is 0 Å². The molecule has 0 amide bonds. The van der Waals surface area contributed by atoms with Gasteiger partial charge < -0.3 is 5.32 Å². The molecule has 0 unspecified atom stereocenters. The number of rotatable bonds is 3. The van der Waals surface area contributed by atoms with E-state index in [0.29, 0.717) is 5.15 Å². The van der Waals surface area contributed by atoms with Gasteiger partial charge in [0.1, 0.15) is 0 Å². The Morgan fingerprint density at radius 2 is 2.27 bits per heavy atom. The van der Waals surface area contributed by atoms with Gasteiger partial charge in [0.2, 0.25) is 0 Å². The predicted molar refractivity (Wildman–Crippen MR) is 63.2 cm³/mol. The van der Waals surface area contributed by atoms with Gasteiger partial charge in [-0.2, -0.15) is 5.10 Å². The third kappa shape index (κ3) is 1.85. The van der Waals surface area contributed by atoms with Crippen LogP contribution in [0.5, 0.6) is 0 Å². The quantitative estimate of drug-likeness (QED) is 0.866. The first kappa shape index (κ1) is 10.5. The van der Waals surface area contributed by atoms with Crippen LogP contribution < -0.4 is 5.32 Å². The molecule has 0 saturated heterocycles. The van der Waals surface area contributed by atoms with Crippen LogP contribution in [-0.2, 0) is 13.1 Å². The zero-order chi connectivity index (χ0) is 10.8. The third-order valence-corrected chi connectivity index (χ3v) is 2.73. The van der Waals surface area contributed by atoms with Crippen LogP contribution in [0, 0.1) is 0 Å². The van der Waals surface area contributed by atoms with E-state index >= 15 is 0 Å². The molecule has 3 nitrogen and oxygen atoms in total. The van der Waals surface area contributed by atoms with E-state index < -0.39 is 0 Å². The van der Waals surface area contributed by atoms with Gasteiger partial charge in [-0.3, -0.25) is 4.68 Å². The molecule has 15 heavy (non-hydrogen) atoms. The second kappa shape index (κ2) is 4.21. The lowest BCUT2D eigenvalue weighted by atomic mass is 10.1. The van der Waals surface area contributed by atoms with Gasteiger partial charge in [0.05, 0.1) is 5.52 Å². The van der Waals surface area contributed by atoms with Crippen molar-refractivity contribution in [2.75, 3.05) is 7.05 Å². The van der Waals surface area contributed by atoms with Crippen molar-refractivity contribution in [3.8, 4) is 0 Å². The molecule has 2 rings (SSSR count). The van der Waals surface area contributed by atoms with E-state index in [4.69, 9.17) is 11.6 Å². The Bertz CT molecular complexity index is 476. The SMILES string of the molecule is CCn1nc(Cl)c2cc(CNC)ccc21. The van der Waals surface area contributed by atoms with Gasteiger partial charge in [-0.1, -0.05) is 17.7 Å². The van der Waals surface area contributed by atoms with Gasteiger partial charge in [-0.05, 0) is 31.7 Å². The van der Waals surface area contributed by atoms with E-state index in [2.05, 4.69) is 35.5 Å². The number of halogens is 1. The molecule has 0 aliphatic heterocycles. The van der Waals surface area contributed by atoms with Gasteiger partial charge in [0, 0.05) is 18.5 Å². The second-order valence-electron chi connectivity index (χ2n) is 3.49. The van der Waals surface area contributed by atoms with E-state index in [1.165, 1.54) is 5.56 Å². The van der Waals surface area contributed by atoms with Crippen molar-refractivity contribution in [3.63, 3.8) is 0 Å². The van der Waals surface area contributed by atoms with Gasteiger partial charge in [0.15, 0.2) is 5.15 Å². The summed E-state index contributed by atoms with van der Waals surface area (Å²) < 4.78 is 1.92. The number of fused-ring (bicyclic) bond motifs is 1. The van der Waals surface area contributed by atoms with Crippen LogP contribution in [0.2, 0.25) is 5.15 Å². The Hall–Kier alpha value is -1.06. The molecule has 4 heteroatoms. The lowest BCUT2D eigenvalue weighted by Crippen LogP contribution is -2.04. The molecular weight excluding hydrogens is 210 g/mol. The van der Waals surface area contributed by atoms with Crippen molar-refractivity contribution >= 4 is 22.5 Å². The number of nitrogens with one attached hydrogen (secondary N) is 1. The largest absolute Gasteiger partial charge is 0.316 e. The average molecular weight is 224 g/mol. The lowest BCUT2D eigenvalue weighted by molar-refractivity contribution is 0.684. The topological polar surface area (TPSA) is 29.9 Å². The molecule has 1 N–H and O–H groups in total. The third-order valence-electron chi connectivity index (χ3n) is 2.45. The standard InChI is InChI=1S/C11H14ClN3/c1-3-15-10-5-4-8(7-13-2)6-9(10)11(12)14-15/h4-6,13H,3,7H2,1-2H3. The minimum Gasteiger partial charge on any atom is -0.316 e. The van der Waals surface area contributed by atoms with Crippen molar-refractivity contribution in [1.29, 1.82) is 0 Å². The van der Waals surface area contributed by atoms with E-state index in [0.717, 1.165) is 24.0 Å². The maximum Gasteiger partial charge on any atom is 0.158 e. The zero-order valence-corrected chi connectivity index (χ0v) is 9.67. The fraction of sp³-hybridized carbons (Fsp3) is 0.364. The van der Waals surface area contributed by atoms with Crippen LogP contribution in [0.25, 0.3) is 10.9 Å². The average Bonchev–Trinajstić information content (AvgIpc) is 2.56. The number of benzene rings is 1. The summed E-state index contributed by atoms with van der Waals surface area (Å²) in [7, 11) is 1.93. The van der Waals surface area contributed by atoms with Gasteiger partial charge in [0.25, 0.3) is 0 Å². The highest BCUT2D eigenvalue weighted by Gasteiger charge is 2.07. The van der Waals surface area contributed by atoms with E-state index in [1.54, 1.807) is 0 Å². The van der Waals surface area contributed by atoms with Crippen LogP contribution >= 0.6 is 11.6 Å². The zero-order valence-electron chi connectivity index (χ0n) is 8.92. The van der Waals surface area contributed by atoms with Crippen molar-refractivity contribution < 1.29 is 0 Å². The van der Waals surface area contributed by atoms with Crippen molar-refractivity contribution in [2.45, 2.75) is 20.0 Å². The van der Waals surface area contributed by atoms with Crippen LogP contribution in [-0.4, -0.2) is 16.8 Å². The highest BCUT2D eigenvalue weighted by molar-refractivity contribution is 6.34. The van der Waals surface area contributed by atoms with Crippen molar-refractivity contribution in [1.82, 2.24) is 15.1 Å². The minimum absolute atomic E-state index is 0.588. The van der Waals surface area contributed by atoms with Gasteiger partial charge >= 0.3 is 0 Å². The Morgan fingerprint density at radius 3 is 2.93 bits per heavy atom. The van der Waals surface area contributed by atoms with Crippen LogP contribution in [0.15, 0.2) is 18.2 Å². The Kier molecular flexibility index (Phi) is 2.93. The molecule has 0 fully saturated rings. The lowest BCUT2D eigenvalue weighted by Gasteiger charge is -2.01. The Morgan fingerprint density at radius 1 is 1.47 bits per heavy atom. The molecule has 1 heterocycles. The van der Waals surface area contributed by atoms with Crippen molar-refractivity contribution in [3.05, 3.63) is 28.9 Å². The first-order chi connectivity index (χ1) is 7.26. The first-order valence-electron chi connectivity index (χ1n) is 5.05. The molecule has 1 aromatic carbocycles. The summed E-state index contributed by atoms with van der Waals surface area (Å²) in [6, 6.07) is 6.26. The van der Waals surface area contributed by atoms with Crippen LogP contribution in [0.1, 0.15) is 12.5 Å². The molecule has 0 saturated carbocycles. The molecule has 0 aliphatic carbocycles. The molecular formula is C11H14ClN3. The first-order valence-corrected chi connectivity index (χ1v) is 5.43. The summed E-state index contributed by atoms with van der Waals surface area (Å²) in [5.74, 6) is 0. The van der Waals surface area contributed by atoms with E-state index in [1.807, 2.05) is 11.7 Å². The molecule has 0 bridgehead atoms. The predicted octanol–water partition coefficient (Wildman–Crippen LogP) is 2.43. The van der Waals surface area contributed by atoms with Gasteiger partial charge in [-0.15, -0.1) is 0 Å². The fourth-order valence-electron chi connectivity index (χ4n) is 1.74. The maximum atomic E-state index is 6.08. The number of nitrogens with zero attached hydrogens (tertiary/aromatic N) is 2. The van der Waals surface area contributed by atoms with Gasteiger partial charge in [-0.25, -0.2) is 0 Å². The van der Waals surface area contributed by atoms with Crippen LogP contribution in [0.4, 0.5) is 0 Å². The minimum atomic E-state index is 0.588. The van der Waals surface area contributed by atoms with Crippen LogP contribution in [0.3, 0.4) is 0 Å². The highest BCUT2D eigenvalue weighted by atomic mass is 35.5. The summed E-state index contributed by atoms with van der Waals surface area (Å²) in [6.45, 7) is 3.75. The smallest absolute Gasteiger partial charge is 0.158 e. The highest BCUT2D eigenvalue weighted by Crippen LogP contribution is 2.23. The number of aromatic nitrogens is 2. The Balaban J connectivity index is 2.56.